The van der Waals surface area contributed by atoms with Crippen LogP contribution in [-0.4, -0.2) is 21.8 Å². The van der Waals surface area contributed by atoms with Crippen LogP contribution in [0.4, 0.5) is 4.79 Å². The molecule has 1 spiro atoms. The number of para-hydroxylation sites is 1. The fourth-order valence-corrected chi connectivity index (χ4v) is 5.42. The van der Waals surface area contributed by atoms with Crippen LogP contribution in [0, 0.1) is 0 Å². The zero-order valence-corrected chi connectivity index (χ0v) is 18.4. The summed E-state index contributed by atoms with van der Waals surface area (Å²) in [5.41, 5.74) is 4.02. The maximum Gasteiger partial charge on any atom is 0.314 e. The summed E-state index contributed by atoms with van der Waals surface area (Å²) in [6, 6.07) is 25.5. The highest BCUT2D eigenvalue weighted by Gasteiger charge is 2.58. The number of nitrogens with zero attached hydrogens (tertiary/aromatic N) is 2. The number of amides is 1. The van der Waals surface area contributed by atoms with Gasteiger partial charge in [0.05, 0.1) is 16.7 Å². The quantitative estimate of drug-likeness (QED) is 0.508. The molecule has 1 saturated heterocycles. The van der Waals surface area contributed by atoms with Crippen molar-refractivity contribution in [2.45, 2.75) is 18.3 Å². The lowest BCUT2D eigenvalue weighted by molar-refractivity contribution is -0.0949. The van der Waals surface area contributed by atoms with Gasteiger partial charge in [0.15, 0.2) is 0 Å². The van der Waals surface area contributed by atoms with Crippen LogP contribution in [-0.2, 0) is 0 Å². The number of ether oxygens (including phenoxy) is 1. The van der Waals surface area contributed by atoms with Gasteiger partial charge in [0.25, 0.3) is 5.24 Å². The van der Waals surface area contributed by atoms with Gasteiger partial charge in [-0.25, -0.2) is 5.01 Å². The second-order valence-electron chi connectivity index (χ2n) is 7.84. The average Bonchev–Trinajstić information content (AvgIpc) is 3.39. The van der Waals surface area contributed by atoms with Crippen LogP contribution < -0.4 is 10.1 Å². The molecular weight excluding hydrogens is 442 g/mol. The fraction of sp³-hybridized carbons (Fsp3) is 0.120. The monoisotopic (exact) mass is 459 g/mol. The van der Waals surface area contributed by atoms with Crippen molar-refractivity contribution in [2.24, 2.45) is 5.10 Å². The smallest absolute Gasteiger partial charge is 0.314 e. The summed E-state index contributed by atoms with van der Waals surface area (Å²) in [4.78, 5) is 13.4. The molecule has 0 aromatic heterocycles. The zero-order valence-electron chi connectivity index (χ0n) is 16.9. The van der Waals surface area contributed by atoms with Crippen molar-refractivity contribution in [3.8, 4) is 5.75 Å². The maximum absolute atomic E-state index is 12.7. The summed E-state index contributed by atoms with van der Waals surface area (Å²) < 4.78 is 6.53. The molecule has 32 heavy (non-hydrogen) atoms. The van der Waals surface area contributed by atoms with Crippen molar-refractivity contribution in [1.82, 2.24) is 10.3 Å². The highest BCUT2D eigenvalue weighted by molar-refractivity contribution is 8.17. The van der Waals surface area contributed by atoms with Gasteiger partial charge in [0.1, 0.15) is 5.75 Å². The first-order chi connectivity index (χ1) is 15.6. The van der Waals surface area contributed by atoms with Crippen LogP contribution in [0.15, 0.2) is 88.9 Å². The summed E-state index contributed by atoms with van der Waals surface area (Å²) in [6.07, 6.45) is 2.68. The van der Waals surface area contributed by atoms with E-state index >= 15 is 0 Å². The number of carbonyl (C=O) groups excluding carboxylic acids is 1. The lowest BCUT2D eigenvalue weighted by Crippen LogP contribution is -2.61. The summed E-state index contributed by atoms with van der Waals surface area (Å²) in [5.74, 6) is -0.445. The van der Waals surface area contributed by atoms with Crippen LogP contribution in [0.2, 0.25) is 5.02 Å². The van der Waals surface area contributed by atoms with Gasteiger partial charge in [-0.2, -0.15) is 5.10 Å². The van der Waals surface area contributed by atoms with E-state index in [-0.39, 0.29) is 11.3 Å². The Labute approximate surface area is 194 Å². The van der Waals surface area contributed by atoms with E-state index < -0.39 is 5.85 Å². The molecule has 7 heteroatoms. The highest BCUT2D eigenvalue weighted by atomic mass is 35.5. The number of hydrogen-bond donors (Lipinski definition) is 1. The molecule has 0 saturated carbocycles. The molecule has 3 aromatic rings. The topological polar surface area (TPSA) is 53.9 Å². The lowest BCUT2D eigenvalue weighted by atomic mass is 9.95. The number of benzene rings is 3. The number of rotatable bonds is 2. The predicted octanol–water partition coefficient (Wildman–Crippen LogP) is 6.03. The minimum atomic E-state index is -1.20. The van der Waals surface area contributed by atoms with Crippen molar-refractivity contribution in [3.05, 3.63) is 105 Å². The molecule has 3 heterocycles. The minimum absolute atomic E-state index is 0.0530. The van der Waals surface area contributed by atoms with Crippen molar-refractivity contribution in [1.29, 1.82) is 0 Å². The molecule has 0 aliphatic carbocycles. The van der Waals surface area contributed by atoms with E-state index in [0.717, 1.165) is 51.2 Å². The summed E-state index contributed by atoms with van der Waals surface area (Å²) in [7, 11) is 0. The fourth-order valence-electron chi connectivity index (χ4n) is 4.38. The Bertz CT molecular complexity index is 1280. The lowest BCUT2D eigenvalue weighted by Gasteiger charge is -2.45. The second kappa shape index (κ2) is 7.43. The number of fused-ring (bicyclic) bond motifs is 4. The Morgan fingerprint density at radius 2 is 1.81 bits per heavy atom. The normalized spacial score (nSPS) is 24.7. The van der Waals surface area contributed by atoms with Crippen molar-refractivity contribution in [2.75, 3.05) is 0 Å². The predicted molar refractivity (Wildman–Crippen MR) is 128 cm³/mol. The van der Waals surface area contributed by atoms with Crippen LogP contribution >= 0.6 is 23.4 Å². The Morgan fingerprint density at radius 1 is 1.06 bits per heavy atom. The van der Waals surface area contributed by atoms with Gasteiger partial charge in [-0.15, -0.1) is 0 Å². The van der Waals surface area contributed by atoms with Crippen molar-refractivity contribution >= 4 is 40.4 Å². The average molecular weight is 460 g/mol. The molecule has 1 N–H and O–H groups in total. The molecule has 3 aliphatic heterocycles. The molecular formula is C25H18ClN3O2S. The van der Waals surface area contributed by atoms with E-state index in [2.05, 4.69) is 23.5 Å². The molecule has 0 unspecified atom stereocenters. The van der Waals surface area contributed by atoms with Crippen LogP contribution in [0.1, 0.15) is 29.2 Å². The second-order valence-corrected chi connectivity index (χ2v) is 9.29. The largest absolute Gasteiger partial charge is 0.444 e. The van der Waals surface area contributed by atoms with E-state index in [1.165, 1.54) is 0 Å². The summed E-state index contributed by atoms with van der Waals surface area (Å²) in [5, 5.41) is 10.5. The maximum atomic E-state index is 12.7. The van der Waals surface area contributed by atoms with Crippen molar-refractivity contribution in [3.63, 3.8) is 0 Å². The molecule has 158 valence electrons. The Hall–Kier alpha value is -3.22. The standard InChI is InChI=1S/C25H18ClN3O2S/c26-18-12-10-16(11-13-18)14-23-25(27-24(30)32-23)29-21(19-8-4-5-9-22(19)31-25)15-20(28-29)17-6-2-1-3-7-17/h1-14,21H,15H2,(H,27,30)/b23-14-/t21-,25+/m1/s1. The molecule has 6 rings (SSSR count). The minimum Gasteiger partial charge on any atom is -0.444 e. The number of carbonyl (C=O) groups is 1. The third-order valence-corrected chi connectivity index (χ3v) is 7.01. The number of halogens is 1. The van der Waals surface area contributed by atoms with Gasteiger partial charge in [0, 0.05) is 17.0 Å². The van der Waals surface area contributed by atoms with E-state index in [9.17, 15) is 4.79 Å². The molecule has 0 bridgehead atoms. The number of hydrogen-bond acceptors (Lipinski definition) is 5. The van der Waals surface area contributed by atoms with Gasteiger partial charge in [-0.1, -0.05) is 72.3 Å². The number of hydrazone groups is 1. The third kappa shape index (κ3) is 3.10. The first-order valence-corrected chi connectivity index (χ1v) is 11.5. The van der Waals surface area contributed by atoms with E-state index in [1.807, 2.05) is 71.7 Å². The first kappa shape index (κ1) is 19.5. The Morgan fingerprint density at radius 3 is 2.62 bits per heavy atom. The van der Waals surface area contributed by atoms with Gasteiger partial charge >= 0.3 is 5.85 Å². The van der Waals surface area contributed by atoms with Crippen LogP contribution in [0.5, 0.6) is 5.75 Å². The third-order valence-electron chi connectivity index (χ3n) is 5.85. The van der Waals surface area contributed by atoms with Crippen LogP contribution in [0.3, 0.4) is 0 Å². The molecule has 0 radical (unpaired) electrons. The molecule has 3 aliphatic rings. The Balaban J connectivity index is 1.51. The molecule has 5 nitrogen and oxygen atoms in total. The zero-order chi connectivity index (χ0) is 21.7. The Kier molecular flexibility index (Phi) is 4.52. The van der Waals surface area contributed by atoms with Gasteiger partial charge in [0.2, 0.25) is 0 Å². The SMILES string of the molecule is O=C1N[C@@]2(Oc3ccccc3[C@H]3CC(c4ccccc4)=NN32)/C(=C/c2ccc(Cl)cc2)S1. The summed E-state index contributed by atoms with van der Waals surface area (Å²) in [6.45, 7) is 0. The highest BCUT2D eigenvalue weighted by Crippen LogP contribution is 2.52. The van der Waals surface area contributed by atoms with E-state index in [4.69, 9.17) is 21.4 Å². The van der Waals surface area contributed by atoms with Crippen molar-refractivity contribution < 1.29 is 9.53 Å². The number of nitrogens with one attached hydrogen (secondary N) is 1. The molecule has 1 amide bonds. The number of thioether (sulfide) groups is 1. The van der Waals surface area contributed by atoms with Gasteiger partial charge < -0.3 is 4.74 Å². The van der Waals surface area contributed by atoms with Gasteiger partial charge in [-0.05, 0) is 47.2 Å². The summed E-state index contributed by atoms with van der Waals surface area (Å²) >= 11 is 7.19. The molecule has 3 aromatic carbocycles. The molecule has 2 atom stereocenters. The van der Waals surface area contributed by atoms with Crippen LogP contribution in [0.25, 0.3) is 6.08 Å². The first-order valence-electron chi connectivity index (χ1n) is 10.3. The molecule has 1 fully saturated rings. The van der Waals surface area contributed by atoms with Gasteiger partial charge in [-0.3, -0.25) is 10.1 Å². The van der Waals surface area contributed by atoms with E-state index in [0.29, 0.717) is 5.02 Å². The van der Waals surface area contributed by atoms with E-state index in [1.54, 1.807) is 0 Å².